The van der Waals surface area contributed by atoms with Crippen molar-refractivity contribution >= 4 is 23.2 Å². The third-order valence-corrected chi connectivity index (χ3v) is 3.67. The quantitative estimate of drug-likeness (QED) is 0.763. The number of carbonyl (C=O) groups excluding carboxylic acids is 2. The second-order valence-corrected chi connectivity index (χ2v) is 5.84. The normalized spacial score (nSPS) is 10.3. The monoisotopic (exact) mass is 325 g/mol. The second-order valence-electron chi connectivity index (χ2n) is 5.84. The van der Waals surface area contributed by atoms with Crippen LogP contribution in [-0.4, -0.2) is 18.4 Å². The zero-order chi connectivity index (χ0) is 17.5. The van der Waals surface area contributed by atoms with Crippen LogP contribution >= 0.6 is 0 Å². The van der Waals surface area contributed by atoms with Gasteiger partial charge in [-0.05, 0) is 43.5 Å². The summed E-state index contributed by atoms with van der Waals surface area (Å²) in [4.78, 5) is 23.7. The Morgan fingerprint density at radius 2 is 1.50 bits per heavy atom. The summed E-state index contributed by atoms with van der Waals surface area (Å²) in [6.45, 7) is 3.85. The minimum absolute atomic E-state index is 0.0947. The molecule has 0 radical (unpaired) electrons. The molecule has 2 aromatic rings. The summed E-state index contributed by atoms with van der Waals surface area (Å²) in [6.07, 6.45) is 1.05. The highest BCUT2D eigenvalue weighted by molar-refractivity contribution is 6.00. The molecule has 0 aromatic heterocycles. The van der Waals surface area contributed by atoms with Gasteiger partial charge < -0.3 is 16.4 Å². The second kappa shape index (κ2) is 8.26. The van der Waals surface area contributed by atoms with Crippen molar-refractivity contribution in [1.82, 2.24) is 0 Å². The molecular weight excluding hydrogens is 302 g/mol. The zero-order valence-electron chi connectivity index (χ0n) is 14.1. The number of aryl methyl sites for hydroxylation is 3. The van der Waals surface area contributed by atoms with Crippen LogP contribution in [0.4, 0.5) is 11.4 Å². The number of anilines is 2. The maximum Gasteiger partial charge on any atom is 0.238 e. The standard InChI is InChI=1S/C19H23N3O2/c1-13-3-6-15(7-4-13)8-10-18(23)21-16-9-5-14(2)11-17(16)22-19(24)12-20/h3-7,9,11H,8,10,12,20H2,1-2H3,(H,21,23)(H,22,24). The van der Waals surface area contributed by atoms with E-state index in [-0.39, 0.29) is 18.4 Å². The Morgan fingerprint density at radius 1 is 0.875 bits per heavy atom. The van der Waals surface area contributed by atoms with Crippen LogP contribution < -0.4 is 16.4 Å². The van der Waals surface area contributed by atoms with Gasteiger partial charge in [0.25, 0.3) is 0 Å². The SMILES string of the molecule is Cc1ccc(CCC(=O)Nc2ccc(C)cc2NC(=O)CN)cc1. The molecule has 2 aromatic carbocycles. The molecule has 2 rings (SSSR count). The third kappa shape index (κ3) is 5.21. The van der Waals surface area contributed by atoms with Gasteiger partial charge in [0.15, 0.2) is 0 Å². The van der Waals surface area contributed by atoms with Crippen molar-refractivity contribution in [3.63, 3.8) is 0 Å². The number of carbonyl (C=O) groups is 2. The van der Waals surface area contributed by atoms with Gasteiger partial charge in [-0.2, -0.15) is 0 Å². The first-order valence-corrected chi connectivity index (χ1v) is 7.94. The molecule has 0 spiro atoms. The van der Waals surface area contributed by atoms with Crippen LogP contribution in [0.3, 0.4) is 0 Å². The first-order valence-electron chi connectivity index (χ1n) is 7.94. The van der Waals surface area contributed by atoms with Gasteiger partial charge in [-0.15, -0.1) is 0 Å². The van der Waals surface area contributed by atoms with E-state index in [4.69, 9.17) is 5.73 Å². The lowest BCUT2D eigenvalue weighted by Crippen LogP contribution is -2.23. The minimum atomic E-state index is -0.296. The number of hydrogen-bond donors (Lipinski definition) is 3. The predicted molar refractivity (Wildman–Crippen MR) is 97.0 cm³/mol. The molecule has 24 heavy (non-hydrogen) atoms. The first-order chi connectivity index (χ1) is 11.5. The summed E-state index contributed by atoms with van der Waals surface area (Å²) in [5.74, 6) is -0.390. The number of amides is 2. The molecule has 0 fully saturated rings. The molecule has 0 atom stereocenters. The lowest BCUT2D eigenvalue weighted by atomic mass is 10.1. The van der Waals surface area contributed by atoms with E-state index in [0.29, 0.717) is 24.2 Å². The molecule has 0 bridgehead atoms. The molecule has 0 aliphatic rings. The molecule has 0 saturated heterocycles. The number of nitrogens with two attached hydrogens (primary N) is 1. The highest BCUT2D eigenvalue weighted by Gasteiger charge is 2.09. The Hall–Kier alpha value is -2.66. The molecule has 2 amide bonds. The third-order valence-electron chi connectivity index (χ3n) is 3.67. The summed E-state index contributed by atoms with van der Waals surface area (Å²) in [6, 6.07) is 13.6. The van der Waals surface area contributed by atoms with E-state index in [1.165, 1.54) is 5.56 Å². The molecular formula is C19H23N3O2. The minimum Gasteiger partial charge on any atom is -0.324 e. The van der Waals surface area contributed by atoms with Crippen molar-refractivity contribution in [2.24, 2.45) is 5.73 Å². The van der Waals surface area contributed by atoms with Crippen molar-refractivity contribution in [3.8, 4) is 0 Å². The van der Waals surface area contributed by atoms with Gasteiger partial charge in [0.05, 0.1) is 17.9 Å². The van der Waals surface area contributed by atoms with Gasteiger partial charge in [-0.1, -0.05) is 35.9 Å². The highest BCUT2D eigenvalue weighted by Crippen LogP contribution is 2.23. The first kappa shape index (κ1) is 17.7. The lowest BCUT2D eigenvalue weighted by Gasteiger charge is -2.13. The van der Waals surface area contributed by atoms with E-state index in [9.17, 15) is 9.59 Å². The van der Waals surface area contributed by atoms with Crippen LogP contribution in [0.15, 0.2) is 42.5 Å². The Labute approximate surface area is 142 Å². The molecule has 126 valence electrons. The van der Waals surface area contributed by atoms with Crippen LogP contribution in [0.5, 0.6) is 0 Å². The van der Waals surface area contributed by atoms with Crippen molar-refractivity contribution in [2.75, 3.05) is 17.2 Å². The molecule has 5 nitrogen and oxygen atoms in total. The fourth-order valence-electron chi connectivity index (χ4n) is 2.30. The van der Waals surface area contributed by atoms with Gasteiger partial charge in [0, 0.05) is 6.42 Å². The van der Waals surface area contributed by atoms with Gasteiger partial charge in [0.2, 0.25) is 11.8 Å². The smallest absolute Gasteiger partial charge is 0.238 e. The summed E-state index contributed by atoms with van der Waals surface area (Å²) < 4.78 is 0. The Kier molecular flexibility index (Phi) is 6.09. The molecule has 0 aliphatic heterocycles. The van der Waals surface area contributed by atoms with Gasteiger partial charge in [-0.3, -0.25) is 9.59 Å². The van der Waals surface area contributed by atoms with E-state index in [0.717, 1.165) is 11.1 Å². The molecule has 0 unspecified atom stereocenters. The van der Waals surface area contributed by atoms with E-state index < -0.39 is 0 Å². The van der Waals surface area contributed by atoms with Gasteiger partial charge in [-0.25, -0.2) is 0 Å². The van der Waals surface area contributed by atoms with E-state index >= 15 is 0 Å². The largest absolute Gasteiger partial charge is 0.324 e. The van der Waals surface area contributed by atoms with Crippen molar-refractivity contribution in [2.45, 2.75) is 26.7 Å². The molecule has 5 heteroatoms. The topological polar surface area (TPSA) is 84.2 Å². The van der Waals surface area contributed by atoms with Crippen LogP contribution in [-0.2, 0) is 16.0 Å². The maximum atomic E-state index is 12.2. The van der Waals surface area contributed by atoms with Gasteiger partial charge >= 0.3 is 0 Å². The fourth-order valence-corrected chi connectivity index (χ4v) is 2.30. The van der Waals surface area contributed by atoms with Crippen LogP contribution in [0.2, 0.25) is 0 Å². The molecule has 0 saturated carbocycles. The number of benzene rings is 2. The summed E-state index contributed by atoms with van der Waals surface area (Å²) >= 11 is 0. The molecule has 4 N–H and O–H groups in total. The van der Waals surface area contributed by atoms with E-state index in [2.05, 4.69) is 10.6 Å². The van der Waals surface area contributed by atoms with Crippen molar-refractivity contribution < 1.29 is 9.59 Å². The Balaban J connectivity index is 2.00. The summed E-state index contributed by atoms with van der Waals surface area (Å²) in [5, 5.41) is 5.56. The summed E-state index contributed by atoms with van der Waals surface area (Å²) in [7, 11) is 0. The summed E-state index contributed by atoms with van der Waals surface area (Å²) in [5.41, 5.74) is 9.78. The lowest BCUT2D eigenvalue weighted by molar-refractivity contribution is -0.116. The average Bonchev–Trinajstić information content (AvgIpc) is 2.56. The predicted octanol–water partition coefficient (Wildman–Crippen LogP) is 2.77. The maximum absolute atomic E-state index is 12.2. The number of nitrogens with one attached hydrogen (secondary N) is 2. The fraction of sp³-hybridized carbons (Fsp3) is 0.263. The Bertz CT molecular complexity index is 724. The highest BCUT2D eigenvalue weighted by atomic mass is 16.2. The van der Waals surface area contributed by atoms with Gasteiger partial charge in [0.1, 0.15) is 0 Å². The average molecular weight is 325 g/mol. The zero-order valence-corrected chi connectivity index (χ0v) is 14.1. The van der Waals surface area contributed by atoms with Crippen molar-refractivity contribution in [3.05, 3.63) is 59.2 Å². The molecule has 0 heterocycles. The van der Waals surface area contributed by atoms with Crippen molar-refractivity contribution in [1.29, 1.82) is 0 Å². The Morgan fingerprint density at radius 3 is 2.17 bits per heavy atom. The molecule has 0 aliphatic carbocycles. The van der Waals surface area contributed by atoms with Crippen LogP contribution in [0.1, 0.15) is 23.1 Å². The van der Waals surface area contributed by atoms with E-state index in [1.807, 2.05) is 50.2 Å². The van der Waals surface area contributed by atoms with E-state index in [1.54, 1.807) is 6.07 Å². The van der Waals surface area contributed by atoms with Crippen LogP contribution in [0, 0.1) is 13.8 Å². The number of rotatable bonds is 6. The number of hydrogen-bond acceptors (Lipinski definition) is 3. The van der Waals surface area contributed by atoms with Crippen LogP contribution in [0.25, 0.3) is 0 Å².